The zero-order valence-electron chi connectivity index (χ0n) is 9.69. The summed E-state index contributed by atoms with van der Waals surface area (Å²) in [6, 6.07) is 11.4. The predicted molar refractivity (Wildman–Crippen MR) is 66.4 cm³/mol. The summed E-state index contributed by atoms with van der Waals surface area (Å²) in [6.07, 6.45) is 0. The van der Waals surface area contributed by atoms with Crippen molar-refractivity contribution in [2.24, 2.45) is 0 Å². The normalized spacial score (nSPS) is 24.2. The molecule has 3 heteroatoms. The lowest BCUT2D eigenvalue weighted by atomic mass is 10.1. The van der Waals surface area contributed by atoms with Crippen molar-refractivity contribution < 1.29 is 0 Å². The number of nitrogens with zero attached hydrogens (tertiary/aromatic N) is 2. The van der Waals surface area contributed by atoms with Crippen LogP contribution in [-0.2, 0) is 6.54 Å². The van der Waals surface area contributed by atoms with Gasteiger partial charge in [-0.05, 0) is 19.0 Å². The third-order valence-corrected chi connectivity index (χ3v) is 3.20. The fourth-order valence-corrected chi connectivity index (χ4v) is 2.23. The van der Waals surface area contributed by atoms with E-state index >= 15 is 0 Å². The second-order valence-corrected chi connectivity index (χ2v) is 4.57. The van der Waals surface area contributed by atoms with Gasteiger partial charge < -0.3 is 4.81 Å². The lowest BCUT2D eigenvalue weighted by Crippen LogP contribution is -2.50. The topological polar surface area (TPSA) is 6.48 Å². The molecule has 0 bridgehead atoms. The van der Waals surface area contributed by atoms with Crippen LogP contribution in [0.25, 0.3) is 0 Å². The molecule has 0 aromatic heterocycles. The van der Waals surface area contributed by atoms with Crippen LogP contribution in [0, 0.1) is 0 Å². The minimum Gasteiger partial charge on any atom is -0.346 e. The second-order valence-electron chi connectivity index (χ2n) is 4.57. The van der Waals surface area contributed by atoms with Crippen LogP contribution < -0.4 is 0 Å². The van der Waals surface area contributed by atoms with Gasteiger partial charge in [-0.1, -0.05) is 30.3 Å². The summed E-state index contributed by atoms with van der Waals surface area (Å²) in [5, 5.41) is 0. The highest BCUT2D eigenvalue weighted by Crippen LogP contribution is 2.12. The first-order valence-electron chi connectivity index (χ1n) is 5.72. The molecule has 1 atom stereocenters. The Labute approximate surface area is 93.3 Å². The number of hydrogen-bond donors (Lipinski definition) is 0. The highest BCUT2D eigenvalue weighted by Gasteiger charge is 2.20. The van der Waals surface area contributed by atoms with E-state index in [2.05, 4.69) is 54.9 Å². The molecule has 2 rings (SSSR count). The summed E-state index contributed by atoms with van der Waals surface area (Å²) in [5.74, 6) is 0. The van der Waals surface area contributed by atoms with E-state index in [1.807, 2.05) is 0 Å². The largest absolute Gasteiger partial charge is 0.346 e. The van der Waals surface area contributed by atoms with Crippen LogP contribution in [0.3, 0.4) is 0 Å². The van der Waals surface area contributed by atoms with Crippen LogP contribution >= 0.6 is 0 Å². The Kier molecular flexibility index (Phi) is 3.44. The first-order chi connectivity index (χ1) is 7.25. The van der Waals surface area contributed by atoms with Crippen LogP contribution in [0.15, 0.2) is 30.3 Å². The average molecular weight is 202 g/mol. The van der Waals surface area contributed by atoms with E-state index in [1.165, 1.54) is 25.2 Å². The quantitative estimate of drug-likeness (QED) is 0.652. The van der Waals surface area contributed by atoms with Crippen molar-refractivity contribution in [3.63, 3.8) is 0 Å². The lowest BCUT2D eigenvalue weighted by Gasteiger charge is -2.38. The van der Waals surface area contributed by atoms with Gasteiger partial charge >= 0.3 is 0 Å². The first kappa shape index (κ1) is 10.7. The summed E-state index contributed by atoms with van der Waals surface area (Å²) in [4.78, 5) is 4.97. The van der Waals surface area contributed by atoms with Gasteiger partial charge in [0.2, 0.25) is 0 Å². The molecule has 1 aromatic rings. The van der Waals surface area contributed by atoms with E-state index in [-0.39, 0.29) is 0 Å². The Hall–Kier alpha value is -0.795. The fraction of sp³-hybridized carbons (Fsp3) is 0.500. The Morgan fingerprint density at radius 3 is 2.67 bits per heavy atom. The van der Waals surface area contributed by atoms with Crippen molar-refractivity contribution in [2.75, 3.05) is 19.6 Å². The van der Waals surface area contributed by atoms with Crippen LogP contribution in [0.1, 0.15) is 12.5 Å². The van der Waals surface area contributed by atoms with Gasteiger partial charge in [-0.2, -0.15) is 0 Å². The van der Waals surface area contributed by atoms with E-state index in [9.17, 15) is 0 Å². The molecule has 1 aromatic carbocycles. The van der Waals surface area contributed by atoms with Gasteiger partial charge in [0.1, 0.15) is 0 Å². The standard InChI is InChI=1S/C12H19BN2/c1-11-9-15(13)8-7-14(11)10-12-5-3-2-4-6-12/h2-6,11H,7-10,13H2,1H3. The smallest absolute Gasteiger partial charge is 0.185 e. The maximum Gasteiger partial charge on any atom is 0.185 e. The lowest BCUT2D eigenvalue weighted by molar-refractivity contribution is 0.123. The number of hydrogen-bond acceptors (Lipinski definition) is 2. The fourth-order valence-electron chi connectivity index (χ4n) is 2.23. The molecule has 80 valence electrons. The van der Waals surface area contributed by atoms with Gasteiger partial charge in [-0.25, -0.2) is 0 Å². The number of benzene rings is 1. The zero-order valence-corrected chi connectivity index (χ0v) is 9.69. The van der Waals surface area contributed by atoms with Gasteiger partial charge in [0.25, 0.3) is 0 Å². The molecule has 0 radical (unpaired) electrons. The molecule has 0 N–H and O–H groups in total. The van der Waals surface area contributed by atoms with Crippen molar-refractivity contribution in [3.05, 3.63) is 35.9 Å². The maximum atomic E-state index is 2.56. The second kappa shape index (κ2) is 4.82. The molecule has 1 saturated heterocycles. The molecule has 0 spiro atoms. The molecule has 0 aliphatic carbocycles. The van der Waals surface area contributed by atoms with Crippen molar-refractivity contribution in [1.82, 2.24) is 9.71 Å². The molecular formula is C12H19BN2. The molecule has 1 aliphatic rings. The molecule has 1 heterocycles. The SMILES string of the molecule is BN1CCN(Cc2ccccc2)C(C)C1. The van der Waals surface area contributed by atoms with E-state index < -0.39 is 0 Å². The van der Waals surface area contributed by atoms with Crippen molar-refractivity contribution in [2.45, 2.75) is 19.5 Å². The van der Waals surface area contributed by atoms with Gasteiger partial charge in [-0.3, -0.25) is 4.90 Å². The average Bonchev–Trinajstić information content (AvgIpc) is 2.24. The highest BCUT2D eigenvalue weighted by atomic mass is 15.2. The van der Waals surface area contributed by atoms with E-state index in [4.69, 9.17) is 0 Å². The van der Waals surface area contributed by atoms with Crippen LogP contribution in [0.5, 0.6) is 0 Å². The minimum absolute atomic E-state index is 0.670. The van der Waals surface area contributed by atoms with Gasteiger partial charge in [0, 0.05) is 25.7 Å². The Morgan fingerprint density at radius 2 is 2.00 bits per heavy atom. The summed E-state index contributed by atoms with van der Waals surface area (Å²) in [5.41, 5.74) is 1.42. The molecular weight excluding hydrogens is 183 g/mol. The number of piperazine rings is 1. The molecule has 1 fully saturated rings. The molecule has 1 unspecified atom stereocenters. The van der Waals surface area contributed by atoms with Crippen molar-refractivity contribution in [1.29, 1.82) is 0 Å². The summed E-state index contributed by atoms with van der Waals surface area (Å²) < 4.78 is 0. The van der Waals surface area contributed by atoms with Gasteiger partial charge in [-0.15, -0.1) is 0 Å². The Bertz CT molecular complexity index is 302. The van der Waals surface area contributed by atoms with Crippen molar-refractivity contribution >= 4 is 7.98 Å². The number of rotatable bonds is 2. The predicted octanol–water partition coefficient (Wildman–Crippen LogP) is 0.741. The summed E-state index contributed by atoms with van der Waals surface area (Å²) in [6.45, 7) is 6.98. The van der Waals surface area contributed by atoms with Gasteiger partial charge in [0.05, 0.1) is 0 Å². The summed E-state index contributed by atoms with van der Waals surface area (Å²) >= 11 is 0. The van der Waals surface area contributed by atoms with Crippen LogP contribution in [0.2, 0.25) is 0 Å². The third kappa shape index (κ3) is 2.83. The monoisotopic (exact) mass is 202 g/mol. The third-order valence-electron chi connectivity index (χ3n) is 3.20. The Balaban J connectivity index is 1.95. The van der Waals surface area contributed by atoms with E-state index in [0.29, 0.717) is 6.04 Å². The zero-order chi connectivity index (χ0) is 10.7. The first-order valence-corrected chi connectivity index (χ1v) is 5.72. The minimum atomic E-state index is 0.670. The molecule has 15 heavy (non-hydrogen) atoms. The van der Waals surface area contributed by atoms with E-state index in [0.717, 1.165) is 6.54 Å². The molecule has 2 nitrogen and oxygen atoms in total. The molecule has 0 saturated carbocycles. The van der Waals surface area contributed by atoms with Crippen LogP contribution in [-0.4, -0.2) is 43.4 Å². The van der Waals surface area contributed by atoms with E-state index in [1.54, 1.807) is 0 Å². The summed E-state index contributed by atoms with van der Waals surface area (Å²) in [7, 11) is 2.20. The highest BCUT2D eigenvalue weighted by molar-refractivity contribution is 6.04. The molecule has 1 aliphatic heterocycles. The van der Waals surface area contributed by atoms with Crippen LogP contribution in [0.4, 0.5) is 0 Å². The van der Waals surface area contributed by atoms with Gasteiger partial charge in [0.15, 0.2) is 7.98 Å². The van der Waals surface area contributed by atoms with Crippen molar-refractivity contribution in [3.8, 4) is 0 Å². The maximum absolute atomic E-state index is 2.56. The molecule has 0 amide bonds. The Morgan fingerprint density at radius 1 is 1.27 bits per heavy atom.